The lowest BCUT2D eigenvalue weighted by Gasteiger charge is -2.03. The molecule has 2 aromatic heterocycles. The molecule has 0 aliphatic carbocycles. The summed E-state index contributed by atoms with van der Waals surface area (Å²) in [6.45, 7) is 6.28. The molecule has 0 radical (unpaired) electrons. The first kappa shape index (κ1) is 17.2. The van der Waals surface area contributed by atoms with E-state index in [-0.39, 0.29) is 0 Å². The topological polar surface area (TPSA) is 42.0 Å². The lowest BCUT2D eigenvalue weighted by atomic mass is 10.1. The molecule has 0 aliphatic heterocycles. The van der Waals surface area contributed by atoms with E-state index in [1.807, 2.05) is 28.8 Å². The van der Waals surface area contributed by atoms with E-state index in [1.165, 1.54) is 16.7 Å². The molecule has 0 atom stereocenters. The molecule has 2 aromatic carbocycles. The largest absolute Gasteiger partial charge is 0.283 e. The summed E-state index contributed by atoms with van der Waals surface area (Å²) in [6, 6.07) is 20.6. The second-order valence-electron chi connectivity index (χ2n) is 6.76. The van der Waals surface area contributed by atoms with E-state index in [1.54, 1.807) is 0 Å². The van der Waals surface area contributed by atoms with Crippen LogP contribution in [0.15, 0.2) is 77.1 Å². The number of hydrogen-bond donors (Lipinski definition) is 0. The molecule has 4 aromatic rings. The Kier molecular flexibility index (Phi) is 4.55. The maximum atomic E-state index is 4.84. The van der Waals surface area contributed by atoms with Crippen molar-refractivity contribution in [1.82, 2.24) is 9.38 Å². The highest BCUT2D eigenvalue weighted by Crippen LogP contribution is 2.33. The van der Waals surface area contributed by atoms with Crippen LogP contribution in [0.25, 0.3) is 16.9 Å². The minimum atomic E-state index is 0.750. The van der Waals surface area contributed by atoms with Gasteiger partial charge in [0.1, 0.15) is 11.3 Å². The summed E-state index contributed by atoms with van der Waals surface area (Å²) in [7, 11) is 0. The van der Waals surface area contributed by atoms with Gasteiger partial charge in [-0.1, -0.05) is 55.0 Å². The third kappa shape index (κ3) is 3.38. The van der Waals surface area contributed by atoms with Crippen molar-refractivity contribution < 1.29 is 0 Å². The first-order chi connectivity index (χ1) is 13.2. The molecule has 134 valence electrons. The van der Waals surface area contributed by atoms with Crippen LogP contribution in [0.2, 0.25) is 0 Å². The molecule has 2 heterocycles. The number of rotatable bonds is 4. The average Bonchev–Trinajstić information content (AvgIpc) is 3.04. The summed E-state index contributed by atoms with van der Waals surface area (Å²) in [5.74, 6) is 0.750. The van der Waals surface area contributed by atoms with Crippen LogP contribution in [0.5, 0.6) is 0 Å². The minimum Gasteiger partial charge on any atom is -0.283 e. The summed E-state index contributed by atoms with van der Waals surface area (Å²) < 4.78 is 2.00. The zero-order chi connectivity index (χ0) is 18.8. The number of nitrogens with zero attached hydrogens (tertiary/aromatic N) is 4. The Labute approximate surface area is 159 Å². The van der Waals surface area contributed by atoms with Crippen LogP contribution in [0.4, 0.5) is 11.5 Å². The van der Waals surface area contributed by atoms with E-state index < -0.39 is 0 Å². The Morgan fingerprint density at radius 1 is 0.889 bits per heavy atom. The van der Waals surface area contributed by atoms with Crippen LogP contribution >= 0.6 is 0 Å². The molecule has 0 fully saturated rings. The third-order valence-corrected chi connectivity index (χ3v) is 4.71. The van der Waals surface area contributed by atoms with Crippen molar-refractivity contribution in [3.8, 4) is 11.3 Å². The Morgan fingerprint density at radius 3 is 2.44 bits per heavy atom. The maximum absolute atomic E-state index is 4.84. The lowest BCUT2D eigenvalue weighted by Crippen LogP contribution is -1.84. The van der Waals surface area contributed by atoms with Gasteiger partial charge in [-0.2, -0.15) is 0 Å². The van der Waals surface area contributed by atoms with E-state index in [9.17, 15) is 0 Å². The Bertz CT molecular complexity index is 1120. The fourth-order valence-electron chi connectivity index (χ4n) is 3.14. The van der Waals surface area contributed by atoms with Gasteiger partial charge in [0.15, 0.2) is 5.82 Å². The number of benzene rings is 2. The van der Waals surface area contributed by atoms with Crippen LogP contribution in [0, 0.1) is 13.8 Å². The van der Waals surface area contributed by atoms with Gasteiger partial charge in [0.2, 0.25) is 0 Å². The number of aromatic nitrogens is 2. The summed E-state index contributed by atoms with van der Waals surface area (Å²) in [4.78, 5) is 4.84. The molecule has 4 rings (SSSR count). The van der Waals surface area contributed by atoms with Gasteiger partial charge in [0.05, 0.1) is 5.69 Å². The summed E-state index contributed by atoms with van der Waals surface area (Å²) in [6.07, 6.45) is 2.93. The zero-order valence-corrected chi connectivity index (χ0v) is 15.8. The maximum Gasteiger partial charge on any atom is 0.187 e. The number of imidazole rings is 1. The average molecular weight is 354 g/mol. The highest BCUT2D eigenvalue weighted by molar-refractivity contribution is 5.74. The molecule has 0 saturated heterocycles. The predicted octanol–water partition coefficient (Wildman–Crippen LogP) is 6.60. The quantitative estimate of drug-likeness (QED) is 0.381. The molecule has 0 bridgehead atoms. The van der Waals surface area contributed by atoms with Gasteiger partial charge in [0, 0.05) is 11.8 Å². The van der Waals surface area contributed by atoms with Crippen molar-refractivity contribution >= 4 is 17.2 Å². The molecule has 0 unspecified atom stereocenters. The molecular weight excluding hydrogens is 332 g/mol. The molecule has 4 nitrogen and oxygen atoms in total. The van der Waals surface area contributed by atoms with Gasteiger partial charge in [-0.3, -0.25) is 4.40 Å². The monoisotopic (exact) mass is 354 g/mol. The van der Waals surface area contributed by atoms with Gasteiger partial charge >= 0.3 is 0 Å². The second-order valence-corrected chi connectivity index (χ2v) is 6.76. The van der Waals surface area contributed by atoms with Gasteiger partial charge in [0.25, 0.3) is 0 Å². The van der Waals surface area contributed by atoms with Gasteiger partial charge in [-0.15, -0.1) is 10.2 Å². The van der Waals surface area contributed by atoms with Crippen LogP contribution in [0.1, 0.15) is 23.6 Å². The van der Waals surface area contributed by atoms with Crippen LogP contribution in [0.3, 0.4) is 0 Å². The van der Waals surface area contributed by atoms with Crippen LogP contribution in [-0.2, 0) is 6.42 Å². The van der Waals surface area contributed by atoms with E-state index in [2.05, 4.69) is 73.5 Å². The van der Waals surface area contributed by atoms with Crippen molar-refractivity contribution in [3.05, 3.63) is 83.6 Å². The predicted molar refractivity (Wildman–Crippen MR) is 110 cm³/mol. The summed E-state index contributed by atoms with van der Waals surface area (Å²) in [5, 5.41) is 9.19. The van der Waals surface area contributed by atoms with E-state index in [0.29, 0.717) is 0 Å². The highest BCUT2D eigenvalue weighted by Gasteiger charge is 2.14. The first-order valence-electron chi connectivity index (χ1n) is 9.21. The minimum absolute atomic E-state index is 0.750. The van der Waals surface area contributed by atoms with Crippen molar-refractivity contribution in [2.24, 2.45) is 10.2 Å². The molecule has 0 amide bonds. The van der Waals surface area contributed by atoms with E-state index >= 15 is 0 Å². The van der Waals surface area contributed by atoms with Crippen LogP contribution < -0.4 is 0 Å². The fraction of sp³-hybridized carbons (Fsp3) is 0.174. The Balaban J connectivity index is 1.88. The number of pyridine rings is 1. The summed E-state index contributed by atoms with van der Waals surface area (Å²) in [5.41, 5.74) is 7.24. The lowest BCUT2D eigenvalue weighted by molar-refractivity contribution is 1.07. The van der Waals surface area contributed by atoms with Crippen molar-refractivity contribution in [2.75, 3.05) is 0 Å². The zero-order valence-electron chi connectivity index (χ0n) is 15.8. The van der Waals surface area contributed by atoms with Crippen molar-refractivity contribution in [2.45, 2.75) is 27.2 Å². The summed E-state index contributed by atoms with van der Waals surface area (Å²) >= 11 is 0. The number of fused-ring (bicyclic) bond motifs is 1. The first-order valence-corrected chi connectivity index (χ1v) is 9.21. The standard InChI is InChI=1S/C23H22N4/c1-4-18-7-5-6-8-20(18)25-26-23-22(19-11-9-16(2)10-12-19)24-21-15-17(3)13-14-27(21)23/h5-15H,4H2,1-3H3. The highest BCUT2D eigenvalue weighted by atomic mass is 15.2. The number of azo groups is 1. The Hall–Kier alpha value is -3.27. The fourth-order valence-corrected chi connectivity index (χ4v) is 3.14. The molecule has 0 saturated carbocycles. The van der Waals surface area contributed by atoms with Crippen molar-refractivity contribution in [1.29, 1.82) is 0 Å². The van der Waals surface area contributed by atoms with Gasteiger partial charge < -0.3 is 0 Å². The van der Waals surface area contributed by atoms with E-state index in [4.69, 9.17) is 4.98 Å². The molecule has 27 heavy (non-hydrogen) atoms. The number of hydrogen-bond acceptors (Lipinski definition) is 3. The van der Waals surface area contributed by atoms with Crippen LogP contribution in [-0.4, -0.2) is 9.38 Å². The molecule has 0 aliphatic rings. The van der Waals surface area contributed by atoms with Gasteiger partial charge in [-0.25, -0.2) is 4.98 Å². The van der Waals surface area contributed by atoms with Gasteiger partial charge in [-0.05, 0) is 49.6 Å². The smallest absolute Gasteiger partial charge is 0.187 e. The third-order valence-electron chi connectivity index (χ3n) is 4.71. The number of aryl methyl sites for hydroxylation is 3. The molecular formula is C23H22N4. The Morgan fingerprint density at radius 2 is 1.67 bits per heavy atom. The van der Waals surface area contributed by atoms with E-state index in [0.717, 1.165) is 34.8 Å². The normalized spacial score (nSPS) is 11.5. The van der Waals surface area contributed by atoms with Crippen molar-refractivity contribution in [3.63, 3.8) is 0 Å². The molecule has 0 spiro atoms. The molecule has 0 N–H and O–H groups in total. The SMILES string of the molecule is CCc1ccccc1N=Nc1c(-c2ccc(C)cc2)nc2cc(C)ccn12. The second kappa shape index (κ2) is 7.16. The molecule has 4 heteroatoms.